The summed E-state index contributed by atoms with van der Waals surface area (Å²) < 4.78 is 7.17. The first-order chi connectivity index (χ1) is 17.3. The van der Waals surface area contributed by atoms with Crippen LogP contribution in [0.4, 0.5) is 0 Å². The molecule has 10 heteroatoms. The van der Waals surface area contributed by atoms with E-state index in [1.807, 2.05) is 36.4 Å². The number of imidazole rings is 1. The summed E-state index contributed by atoms with van der Waals surface area (Å²) in [4.78, 5) is 31.2. The Labute approximate surface area is 207 Å². The van der Waals surface area contributed by atoms with Crippen LogP contribution in [0.3, 0.4) is 0 Å². The zero-order valence-corrected chi connectivity index (χ0v) is 19.3. The van der Waals surface area contributed by atoms with E-state index >= 15 is 0 Å². The van der Waals surface area contributed by atoms with Gasteiger partial charge in [0.15, 0.2) is 6.04 Å². The van der Waals surface area contributed by atoms with Gasteiger partial charge in [-0.3, -0.25) is 4.79 Å². The number of piperidine rings is 1. The fourth-order valence-electron chi connectivity index (χ4n) is 4.92. The second-order valence-electron chi connectivity index (χ2n) is 9.12. The van der Waals surface area contributed by atoms with E-state index in [1.165, 1.54) is 10.8 Å². The lowest BCUT2D eigenvalue weighted by molar-refractivity contribution is -0.156. The number of carbonyl (C=O) groups is 2. The van der Waals surface area contributed by atoms with E-state index in [1.54, 1.807) is 23.1 Å². The molecule has 36 heavy (non-hydrogen) atoms. The van der Waals surface area contributed by atoms with Crippen molar-refractivity contribution in [2.45, 2.75) is 43.1 Å². The van der Waals surface area contributed by atoms with Crippen LogP contribution < -0.4 is 4.74 Å². The first-order valence-corrected chi connectivity index (χ1v) is 11.8. The maximum atomic E-state index is 13.3. The fraction of sp³-hybridized carbons (Fsp3) is 0.346. The molecule has 0 unspecified atom stereocenters. The molecular formula is C26H27N3O7. The molecule has 0 bridgehead atoms. The molecule has 0 saturated carbocycles. The summed E-state index contributed by atoms with van der Waals surface area (Å²) in [5, 5.41) is 40.1. The maximum Gasteiger partial charge on any atom is 0.329 e. The van der Waals surface area contributed by atoms with Crippen molar-refractivity contribution < 1.29 is 34.8 Å². The lowest BCUT2D eigenvalue weighted by atomic mass is 9.93. The van der Waals surface area contributed by atoms with E-state index < -0.39 is 30.3 Å². The van der Waals surface area contributed by atoms with Crippen LogP contribution in [0.1, 0.15) is 52.8 Å². The molecule has 3 heterocycles. The second kappa shape index (κ2) is 9.73. The number of fused-ring (bicyclic) bond motifs is 1. The van der Waals surface area contributed by atoms with Crippen molar-refractivity contribution in [3.8, 4) is 11.5 Å². The molecule has 5 rings (SSSR count). The maximum absolute atomic E-state index is 13.3. The Hall–Kier alpha value is -3.73. The smallest absolute Gasteiger partial charge is 0.329 e. The zero-order chi connectivity index (χ0) is 25.4. The van der Waals surface area contributed by atoms with Crippen molar-refractivity contribution in [3.05, 3.63) is 77.9 Å². The minimum absolute atomic E-state index is 0.0145. The molecule has 2 aliphatic rings. The summed E-state index contributed by atoms with van der Waals surface area (Å²) >= 11 is 0. The van der Waals surface area contributed by atoms with Gasteiger partial charge in [-0.2, -0.15) is 0 Å². The van der Waals surface area contributed by atoms with Crippen LogP contribution in [0, 0.1) is 0 Å². The second-order valence-corrected chi connectivity index (χ2v) is 9.12. The Kier molecular flexibility index (Phi) is 6.48. The Morgan fingerprint density at radius 2 is 1.58 bits per heavy atom. The molecular weight excluding hydrogens is 466 g/mol. The van der Waals surface area contributed by atoms with Crippen LogP contribution in [-0.2, 0) is 4.79 Å². The number of aromatic nitrogens is 2. The highest BCUT2D eigenvalue weighted by Gasteiger charge is 2.45. The number of benzene rings is 2. The van der Waals surface area contributed by atoms with E-state index in [0.29, 0.717) is 48.7 Å². The Morgan fingerprint density at radius 3 is 2.28 bits per heavy atom. The highest BCUT2D eigenvalue weighted by molar-refractivity contribution is 5.97. The molecule has 0 aliphatic carbocycles. The lowest BCUT2D eigenvalue weighted by Gasteiger charge is -2.33. The molecule has 3 aromatic rings. The average Bonchev–Trinajstić information content (AvgIpc) is 3.33. The standard InChI is InChI=1S/C26H27N3O7/c30-21-20(26(34)35)29-14-18(27-24(29)23(32)22(21)31)15-10-12-28(13-11-15)25(33)17-8-4-5-9-19(17)36-16-6-2-1-3-7-16/h1-9,14-15,20-23,30-32H,10-13H2,(H,34,35)/t20-,21+,22-,23+/m0/s1. The monoisotopic (exact) mass is 493 g/mol. The van der Waals surface area contributed by atoms with Gasteiger partial charge in [0.2, 0.25) is 0 Å². The summed E-state index contributed by atoms with van der Waals surface area (Å²) in [6.45, 7) is 0.920. The van der Waals surface area contributed by atoms with Crippen LogP contribution >= 0.6 is 0 Å². The van der Waals surface area contributed by atoms with Crippen LogP contribution in [0.2, 0.25) is 0 Å². The third-order valence-electron chi connectivity index (χ3n) is 6.88. The number of rotatable bonds is 5. The normalized spacial score (nSPS) is 24.2. The summed E-state index contributed by atoms with van der Waals surface area (Å²) in [5.41, 5.74) is 1.03. The molecule has 2 aliphatic heterocycles. The molecule has 1 aromatic heterocycles. The Bertz CT molecular complexity index is 1250. The number of hydrogen-bond acceptors (Lipinski definition) is 7. The van der Waals surface area contributed by atoms with E-state index in [2.05, 4.69) is 4.98 Å². The van der Waals surface area contributed by atoms with Gasteiger partial charge >= 0.3 is 5.97 Å². The van der Waals surface area contributed by atoms with Gasteiger partial charge in [-0.05, 0) is 37.1 Å². The van der Waals surface area contributed by atoms with E-state index in [-0.39, 0.29) is 17.6 Å². The number of carboxylic acids is 1. The highest BCUT2D eigenvalue weighted by atomic mass is 16.5. The number of aliphatic carboxylic acids is 1. The fourth-order valence-corrected chi connectivity index (χ4v) is 4.92. The summed E-state index contributed by atoms with van der Waals surface area (Å²) in [6.07, 6.45) is -2.10. The molecule has 0 radical (unpaired) electrons. The molecule has 188 valence electrons. The van der Waals surface area contributed by atoms with Crippen molar-refractivity contribution in [2.75, 3.05) is 13.1 Å². The summed E-state index contributed by atoms with van der Waals surface area (Å²) in [7, 11) is 0. The number of amides is 1. The third-order valence-corrected chi connectivity index (χ3v) is 6.88. The van der Waals surface area contributed by atoms with Crippen LogP contribution in [0.15, 0.2) is 60.8 Å². The molecule has 0 spiro atoms. The third kappa shape index (κ3) is 4.34. The average molecular weight is 494 g/mol. The van der Waals surface area contributed by atoms with Crippen molar-refractivity contribution in [2.24, 2.45) is 0 Å². The number of hydrogen-bond donors (Lipinski definition) is 4. The topological polar surface area (TPSA) is 145 Å². The number of aliphatic hydroxyl groups is 3. The minimum atomic E-state index is -1.66. The molecule has 1 fully saturated rings. The van der Waals surface area contributed by atoms with Gasteiger partial charge in [0, 0.05) is 25.2 Å². The first kappa shape index (κ1) is 24.0. The number of aliphatic hydroxyl groups excluding tert-OH is 3. The number of nitrogens with zero attached hydrogens (tertiary/aromatic N) is 3. The first-order valence-electron chi connectivity index (χ1n) is 11.8. The van der Waals surface area contributed by atoms with Crippen molar-refractivity contribution in [3.63, 3.8) is 0 Å². The predicted octanol–water partition coefficient (Wildman–Crippen LogP) is 2.09. The van der Waals surface area contributed by atoms with Gasteiger partial charge in [0.05, 0.1) is 11.3 Å². The number of carbonyl (C=O) groups excluding carboxylic acids is 1. The summed E-state index contributed by atoms with van der Waals surface area (Å²) in [5.74, 6) is -0.410. The molecule has 2 aromatic carbocycles. The van der Waals surface area contributed by atoms with Gasteiger partial charge in [0.25, 0.3) is 5.91 Å². The molecule has 10 nitrogen and oxygen atoms in total. The van der Waals surface area contributed by atoms with Gasteiger partial charge in [-0.1, -0.05) is 30.3 Å². The van der Waals surface area contributed by atoms with Crippen molar-refractivity contribution in [1.82, 2.24) is 14.5 Å². The van der Waals surface area contributed by atoms with Gasteiger partial charge in [0.1, 0.15) is 35.6 Å². The molecule has 1 amide bonds. The predicted molar refractivity (Wildman–Crippen MR) is 127 cm³/mol. The van der Waals surface area contributed by atoms with Crippen molar-refractivity contribution in [1.29, 1.82) is 0 Å². The van der Waals surface area contributed by atoms with Gasteiger partial charge < -0.3 is 34.6 Å². The van der Waals surface area contributed by atoms with Crippen LogP contribution in [0.5, 0.6) is 11.5 Å². The summed E-state index contributed by atoms with van der Waals surface area (Å²) in [6, 6.07) is 14.9. The molecule has 1 saturated heterocycles. The molecule has 4 atom stereocenters. The lowest BCUT2D eigenvalue weighted by Crippen LogP contribution is -2.47. The number of likely N-dealkylation sites (tertiary alicyclic amines) is 1. The minimum Gasteiger partial charge on any atom is -0.480 e. The number of ether oxygens (including phenoxy) is 1. The highest BCUT2D eigenvalue weighted by Crippen LogP contribution is 2.36. The Balaban J connectivity index is 1.30. The number of para-hydroxylation sites is 2. The SMILES string of the molecule is O=C(O)[C@@H]1[C@@H](O)[C@H](O)[C@@H](O)c2nc(C3CCN(C(=O)c4ccccc4Oc4ccccc4)CC3)cn21. The van der Waals surface area contributed by atoms with E-state index in [4.69, 9.17) is 4.74 Å². The Morgan fingerprint density at radius 1 is 0.917 bits per heavy atom. The van der Waals surface area contributed by atoms with Gasteiger partial charge in [-0.15, -0.1) is 0 Å². The quantitative estimate of drug-likeness (QED) is 0.423. The zero-order valence-electron chi connectivity index (χ0n) is 19.3. The van der Waals surface area contributed by atoms with Crippen LogP contribution in [-0.4, -0.2) is 72.1 Å². The molecule has 4 N–H and O–H groups in total. The van der Waals surface area contributed by atoms with Crippen LogP contribution in [0.25, 0.3) is 0 Å². The van der Waals surface area contributed by atoms with E-state index in [9.17, 15) is 30.0 Å². The van der Waals surface area contributed by atoms with Crippen molar-refractivity contribution >= 4 is 11.9 Å². The largest absolute Gasteiger partial charge is 0.480 e. The van der Waals surface area contributed by atoms with E-state index in [0.717, 1.165) is 0 Å². The van der Waals surface area contributed by atoms with Gasteiger partial charge in [-0.25, -0.2) is 9.78 Å². The number of carboxylic acid groups (broad SMARTS) is 1.